The van der Waals surface area contributed by atoms with Gasteiger partial charge in [0.05, 0.1) is 11.6 Å². The molecular formula is C19H19BrN2O2. The molecule has 3 rings (SSSR count). The predicted molar refractivity (Wildman–Crippen MR) is 97.6 cm³/mol. The van der Waals surface area contributed by atoms with Crippen molar-refractivity contribution in [3.63, 3.8) is 0 Å². The van der Waals surface area contributed by atoms with E-state index in [2.05, 4.69) is 21.2 Å². The maximum atomic E-state index is 12.4. The molecule has 1 aliphatic heterocycles. The van der Waals surface area contributed by atoms with Crippen molar-refractivity contribution in [1.29, 1.82) is 0 Å². The van der Waals surface area contributed by atoms with Crippen molar-refractivity contribution in [1.82, 2.24) is 5.32 Å². The fourth-order valence-corrected chi connectivity index (χ4v) is 3.58. The lowest BCUT2D eigenvalue weighted by atomic mass is 10.1. The molecule has 4 nitrogen and oxygen atoms in total. The molecule has 5 heteroatoms. The van der Waals surface area contributed by atoms with E-state index >= 15 is 0 Å². The molecule has 1 aliphatic rings. The molecular weight excluding hydrogens is 368 g/mol. The Labute approximate surface area is 150 Å². The molecule has 0 radical (unpaired) electrons. The zero-order valence-electron chi connectivity index (χ0n) is 13.5. The maximum absolute atomic E-state index is 12.4. The van der Waals surface area contributed by atoms with Crippen molar-refractivity contribution in [3.05, 3.63) is 64.1 Å². The maximum Gasteiger partial charge on any atom is 0.227 e. The van der Waals surface area contributed by atoms with Gasteiger partial charge in [-0.15, -0.1) is 0 Å². The SMILES string of the molecule is Cc1ccc(N2CC(C(=O)NCc3ccccc3)CC2=O)c(Br)c1. The van der Waals surface area contributed by atoms with E-state index in [9.17, 15) is 9.59 Å². The van der Waals surface area contributed by atoms with Gasteiger partial charge < -0.3 is 10.2 Å². The van der Waals surface area contributed by atoms with Crippen LogP contribution in [0.15, 0.2) is 53.0 Å². The third kappa shape index (κ3) is 3.67. The van der Waals surface area contributed by atoms with E-state index in [0.29, 0.717) is 13.1 Å². The number of rotatable bonds is 4. The van der Waals surface area contributed by atoms with Gasteiger partial charge in [0.15, 0.2) is 0 Å². The minimum absolute atomic E-state index is 0.0144. The summed E-state index contributed by atoms with van der Waals surface area (Å²) < 4.78 is 0.876. The van der Waals surface area contributed by atoms with E-state index in [1.54, 1.807) is 4.90 Å². The molecule has 1 N–H and O–H groups in total. The number of nitrogens with zero attached hydrogens (tertiary/aromatic N) is 1. The first-order valence-corrected chi connectivity index (χ1v) is 8.72. The van der Waals surface area contributed by atoms with Gasteiger partial charge in [0.25, 0.3) is 0 Å². The van der Waals surface area contributed by atoms with Gasteiger partial charge >= 0.3 is 0 Å². The summed E-state index contributed by atoms with van der Waals surface area (Å²) in [4.78, 5) is 26.4. The third-order valence-electron chi connectivity index (χ3n) is 4.20. The van der Waals surface area contributed by atoms with Gasteiger partial charge in [0, 0.05) is 24.0 Å². The predicted octanol–water partition coefficient (Wildman–Crippen LogP) is 3.43. The van der Waals surface area contributed by atoms with Gasteiger partial charge in [-0.25, -0.2) is 0 Å². The highest BCUT2D eigenvalue weighted by molar-refractivity contribution is 9.10. The van der Waals surface area contributed by atoms with Gasteiger partial charge in [-0.05, 0) is 46.1 Å². The monoisotopic (exact) mass is 386 g/mol. The molecule has 1 fully saturated rings. The van der Waals surface area contributed by atoms with E-state index in [-0.39, 0.29) is 24.2 Å². The standard InChI is InChI=1S/C19H19BrN2O2/c1-13-7-8-17(16(20)9-13)22-12-15(10-18(22)23)19(24)21-11-14-5-3-2-4-6-14/h2-9,15H,10-12H2,1H3,(H,21,24). The first-order valence-electron chi connectivity index (χ1n) is 7.93. The number of hydrogen-bond donors (Lipinski definition) is 1. The Morgan fingerprint density at radius 1 is 1.25 bits per heavy atom. The molecule has 0 aromatic heterocycles. The van der Waals surface area contributed by atoms with Crippen LogP contribution in [0.3, 0.4) is 0 Å². The molecule has 2 aromatic rings. The molecule has 2 amide bonds. The minimum atomic E-state index is -0.311. The van der Waals surface area contributed by atoms with Gasteiger partial charge in [0.1, 0.15) is 0 Å². The van der Waals surface area contributed by atoms with Crippen LogP contribution >= 0.6 is 15.9 Å². The van der Waals surface area contributed by atoms with Crippen LogP contribution in [0.4, 0.5) is 5.69 Å². The van der Waals surface area contributed by atoms with Crippen molar-refractivity contribution in [3.8, 4) is 0 Å². The van der Waals surface area contributed by atoms with E-state index in [4.69, 9.17) is 0 Å². The number of aryl methyl sites for hydroxylation is 1. The Hall–Kier alpha value is -2.14. The van der Waals surface area contributed by atoms with Gasteiger partial charge in [-0.3, -0.25) is 9.59 Å². The first kappa shape index (κ1) is 16.7. The summed E-state index contributed by atoms with van der Waals surface area (Å²) in [7, 11) is 0. The van der Waals surface area contributed by atoms with E-state index in [1.807, 2.05) is 55.5 Å². The number of nitrogens with one attached hydrogen (secondary N) is 1. The Balaban J connectivity index is 1.64. The molecule has 0 aliphatic carbocycles. The van der Waals surface area contributed by atoms with Crippen LogP contribution in [0.5, 0.6) is 0 Å². The molecule has 1 unspecified atom stereocenters. The Morgan fingerprint density at radius 2 is 2.00 bits per heavy atom. The Bertz CT molecular complexity index is 761. The highest BCUT2D eigenvalue weighted by Crippen LogP contribution is 2.32. The molecule has 0 spiro atoms. The highest BCUT2D eigenvalue weighted by Gasteiger charge is 2.35. The van der Waals surface area contributed by atoms with Crippen LogP contribution in [-0.2, 0) is 16.1 Å². The molecule has 1 saturated heterocycles. The topological polar surface area (TPSA) is 49.4 Å². The van der Waals surface area contributed by atoms with Crippen molar-refractivity contribution in [2.45, 2.75) is 19.9 Å². The summed E-state index contributed by atoms with van der Waals surface area (Å²) >= 11 is 3.51. The lowest BCUT2D eigenvalue weighted by molar-refractivity contribution is -0.126. The number of amides is 2. The van der Waals surface area contributed by atoms with Crippen LogP contribution in [0.2, 0.25) is 0 Å². The largest absolute Gasteiger partial charge is 0.352 e. The quantitative estimate of drug-likeness (QED) is 0.874. The minimum Gasteiger partial charge on any atom is -0.352 e. The molecule has 124 valence electrons. The lowest BCUT2D eigenvalue weighted by Crippen LogP contribution is -2.32. The normalized spacial score (nSPS) is 17.2. The van der Waals surface area contributed by atoms with Crippen LogP contribution in [0.1, 0.15) is 17.5 Å². The summed E-state index contributed by atoms with van der Waals surface area (Å²) in [6, 6.07) is 15.6. The second-order valence-electron chi connectivity index (χ2n) is 6.06. The number of hydrogen-bond acceptors (Lipinski definition) is 2. The average Bonchev–Trinajstić information content (AvgIpc) is 2.95. The number of halogens is 1. The van der Waals surface area contributed by atoms with E-state index in [1.165, 1.54) is 0 Å². The Morgan fingerprint density at radius 3 is 2.71 bits per heavy atom. The summed E-state index contributed by atoms with van der Waals surface area (Å²) in [6.45, 7) is 2.90. The highest BCUT2D eigenvalue weighted by atomic mass is 79.9. The number of benzene rings is 2. The molecule has 24 heavy (non-hydrogen) atoms. The van der Waals surface area contributed by atoms with Crippen molar-refractivity contribution in [2.24, 2.45) is 5.92 Å². The number of carbonyl (C=O) groups excluding carboxylic acids is 2. The van der Waals surface area contributed by atoms with Crippen LogP contribution in [-0.4, -0.2) is 18.4 Å². The Kier molecular flexibility index (Phi) is 5.00. The summed E-state index contributed by atoms with van der Waals surface area (Å²) in [5, 5.41) is 2.93. The molecule has 0 saturated carbocycles. The molecule has 1 atom stereocenters. The average molecular weight is 387 g/mol. The second kappa shape index (κ2) is 7.18. The van der Waals surface area contributed by atoms with Crippen LogP contribution in [0, 0.1) is 12.8 Å². The van der Waals surface area contributed by atoms with Crippen molar-refractivity contribution in [2.75, 3.05) is 11.4 Å². The molecule has 2 aromatic carbocycles. The fourth-order valence-electron chi connectivity index (χ4n) is 2.88. The van der Waals surface area contributed by atoms with Crippen molar-refractivity contribution >= 4 is 33.4 Å². The smallest absolute Gasteiger partial charge is 0.227 e. The lowest BCUT2D eigenvalue weighted by Gasteiger charge is -2.18. The molecule has 0 bridgehead atoms. The van der Waals surface area contributed by atoms with Crippen LogP contribution < -0.4 is 10.2 Å². The fraction of sp³-hybridized carbons (Fsp3) is 0.263. The first-order chi connectivity index (χ1) is 11.5. The number of carbonyl (C=O) groups is 2. The zero-order chi connectivity index (χ0) is 17.1. The second-order valence-corrected chi connectivity index (χ2v) is 6.92. The summed E-state index contributed by atoms with van der Waals surface area (Å²) in [5.74, 6) is -0.397. The van der Waals surface area contributed by atoms with Crippen LogP contribution in [0.25, 0.3) is 0 Å². The van der Waals surface area contributed by atoms with Gasteiger partial charge in [-0.1, -0.05) is 36.4 Å². The molecule has 1 heterocycles. The zero-order valence-corrected chi connectivity index (χ0v) is 15.0. The van der Waals surface area contributed by atoms with Gasteiger partial charge in [0.2, 0.25) is 11.8 Å². The number of anilines is 1. The third-order valence-corrected chi connectivity index (χ3v) is 4.83. The summed E-state index contributed by atoms with van der Waals surface area (Å²) in [5.41, 5.74) is 2.99. The van der Waals surface area contributed by atoms with Gasteiger partial charge in [-0.2, -0.15) is 0 Å². The van der Waals surface area contributed by atoms with E-state index < -0.39 is 0 Å². The van der Waals surface area contributed by atoms with E-state index in [0.717, 1.165) is 21.3 Å². The van der Waals surface area contributed by atoms with Crippen molar-refractivity contribution < 1.29 is 9.59 Å². The summed E-state index contributed by atoms with van der Waals surface area (Å²) in [6.07, 6.45) is 0.251.